The second-order valence-corrected chi connectivity index (χ2v) is 3.59. The Hall–Kier alpha value is -1.62. The smallest absolute Gasteiger partial charge is 0.358 e. The van der Waals surface area contributed by atoms with Gasteiger partial charge in [-0.05, 0) is 31.9 Å². The molecule has 5 nitrogen and oxygen atoms in total. The van der Waals surface area contributed by atoms with E-state index in [9.17, 15) is 18.9 Å². The number of hydrogen-bond acceptors (Lipinski definition) is 4. The zero-order chi connectivity index (χ0) is 12.3. The molecule has 0 saturated heterocycles. The van der Waals surface area contributed by atoms with Gasteiger partial charge < -0.3 is 10.1 Å². The van der Waals surface area contributed by atoms with Crippen molar-refractivity contribution >= 4 is 21.7 Å². The van der Waals surface area contributed by atoms with Crippen LogP contribution in [0.2, 0.25) is 0 Å². The maximum absolute atomic E-state index is 12.4. The first kappa shape index (κ1) is 12.4. The predicted molar refractivity (Wildman–Crippen MR) is 52.9 cm³/mol. The molecule has 0 amide bonds. The van der Waals surface area contributed by atoms with Gasteiger partial charge in [0.15, 0.2) is 0 Å². The van der Waals surface area contributed by atoms with Gasteiger partial charge in [-0.3, -0.25) is 0 Å². The molecule has 1 rings (SSSR count). The number of rotatable bonds is 3. The first-order chi connectivity index (χ1) is 7.47. The van der Waals surface area contributed by atoms with E-state index in [0.717, 1.165) is 6.07 Å². The number of alkyl halides is 2. The Kier molecular flexibility index (Phi) is 3.84. The van der Waals surface area contributed by atoms with Gasteiger partial charge in [0.1, 0.15) is 0 Å². The number of halogens is 3. The van der Waals surface area contributed by atoms with Crippen molar-refractivity contribution in [3.63, 3.8) is 0 Å². The summed E-state index contributed by atoms with van der Waals surface area (Å²) in [4.78, 5) is 12.9. The van der Waals surface area contributed by atoms with Crippen LogP contribution in [0.25, 0.3) is 0 Å². The predicted octanol–water partition coefficient (Wildman–Crippen LogP) is 2.76. The van der Waals surface area contributed by atoms with Crippen molar-refractivity contribution in [1.29, 1.82) is 5.26 Å². The van der Waals surface area contributed by atoms with E-state index in [-0.39, 0.29) is 16.5 Å². The topological polar surface area (TPSA) is 79.8 Å². The highest BCUT2D eigenvalue weighted by Crippen LogP contribution is 2.30. The molecule has 1 aromatic heterocycles. The van der Waals surface area contributed by atoms with Crippen LogP contribution in [0, 0.1) is 21.4 Å². The minimum Gasteiger partial charge on any atom is -0.358 e. The van der Waals surface area contributed by atoms with Crippen LogP contribution >= 0.6 is 15.9 Å². The van der Waals surface area contributed by atoms with E-state index in [2.05, 4.69) is 20.9 Å². The quantitative estimate of drug-likeness (QED) is 0.633. The second-order valence-electron chi connectivity index (χ2n) is 2.73. The summed E-state index contributed by atoms with van der Waals surface area (Å²) in [7, 11) is 0. The first-order valence-electron chi connectivity index (χ1n) is 3.96. The Morgan fingerprint density at radius 1 is 1.69 bits per heavy atom. The molecular weight excluding hydrogens is 288 g/mol. The molecular formula is C8H4BrF2N3O2. The van der Waals surface area contributed by atoms with Crippen LogP contribution in [0.3, 0.4) is 0 Å². The molecule has 0 aliphatic carbocycles. The highest BCUT2D eigenvalue weighted by molar-refractivity contribution is 9.10. The molecule has 1 aromatic rings. The molecule has 0 radical (unpaired) electrons. The number of nitro groups is 1. The molecule has 0 fully saturated rings. The van der Waals surface area contributed by atoms with Gasteiger partial charge in [0.05, 0.1) is 22.5 Å². The maximum atomic E-state index is 12.4. The number of hydrogen-bond donors (Lipinski definition) is 0. The van der Waals surface area contributed by atoms with Crippen LogP contribution in [0.1, 0.15) is 17.7 Å². The van der Waals surface area contributed by atoms with E-state index in [1.807, 2.05) is 0 Å². The van der Waals surface area contributed by atoms with Crippen LogP contribution in [0.15, 0.2) is 10.5 Å². The summed E-state index contributed by atoms with van der Waals surface area (Å²) in [5.41, 5.74) is -0.697. The molecule has 0 unspecified atom stereocenters. The Morgan fingerprint density at radius 2 is 2.31 bits per heavy atom. The van der Waals surface area contributed by atoms with E-state index in [1.165, 1.54) is 0 Å². The van der Waals surface area contributed by atoms with Gasteiger partial charge in [0.25, 0.3) is 0 Å². The molecule has 0 aliphatic heterocycles. The average molecular weight is 292 g/mol. The third kappa shape index (κ3) is 2.49. The zero-order valence-corrected chi connectivity index (χ0v) is 9.24. The largest absolute Gasteiger partial charge is 0.368 e. The van der Waals surface area contributed by atoms with E-state index < -0.39 is 22.9 Å². The molecule has 0 N–H and O–H groups in total. The lowest BCUT2D eigenvalue weighted by Crippen LogP contribution is -2.03. The van der Waals surface area contributed by atoms with Crippen molar-refractivity contribution in [2.45, 2.75) is 12.8 Å². The van der Waals surface area contributed by atoms with Crippen molar-refractivity contribution < 1.29 is 13.7 Å². The lowest BCUT2D eigenvalue weighted by molar-refractivity contribution is -0.390. The first-order valence-corrected chi connectivity index (χ1v) is 4.75. The van der Waals surface area contributed by atoms with Gasteiger partial charge in [-0.15, -0.1) is 0 Å². The molecule has 0 saturated carbocycles. The monoisotopic (exact) mass is 291 g/mol. The van der Waals surface area contributed by atoms with E-state index in [4.69, 9.17) is 5.26 Å². The Balaban J connectivity index is 3.38. The summed E-state index contributed by atoms with van der Waals surface area (Å²) in [5, 5.41) is 19.0. The van der Waals surface area contributed by atoms with Gasteiger partial charge in [0.2, 0.25) is 5.69 Å². The summed E-state index contributed by atoms with van der Waals surface area (Å²) in [6.45, 7) is 0. The SMILES string of the molecule is N#CCc1cc(Br)c(C(F)F)nc1[N+](=O)[O-]. The van der Waals surface area contributed by atoms with Crippen LogP contribution in [-0.4, -0.2) is 9.91 Å². The third-order valence-electron chi connectivity index (χ3n) is 1.71. The number of pyridine rings is 1. The van der Waals surface area contributed by atoms with Crippen LogP contribution < -0.4 is 0 Å². The highest BCUT2D eigenvalue weighted by atomic mass is 79.9. The molecule has 8 heteroatoms. The summed E-state index contributed by atoms with van der Waals surface area (Å²) < 4.78 is 24.8. The number of nitriles is 1. The third-order valence-corrected chi connectivity index (χ3v) is 2.34. The fraction of sp³-hybridized carbons (Fsp3) is 0.250. The average Bonchev–Trinajstić information content (AvgIpc) is 2.17. The minimum atomic E-state index is -2.91. The standard InChI is InChI=1S/C8H4BrF2N3O2/c9-5-3-4(1-2-12)8(14(15)16)13-6(5)7(10)11/h3,7H,1H2. The molecule has 1 heterocycles. The Labute approximate surface area is 97.0 Å². The summed E-state index contributed by atoms with van der Waals surface area (Å²) in [6.07, 6.45) is -3.17. The van der Waals surface area contributed by atoms with E-state index in [0.29, 0.717) is 0 Å². The molecule has 16 heavy (non-hydrogen) atoms. The van der Waals surface area contributed by atoms with Crippen LogP contribution in [0.4, 0.5) is 14.6 Å². The summed E-state index contributed by atoms with van der Waals surface area (Å²) in [5.74, 6) is -0.708. The fourth-order valence-corrected chi connectivity index (χ4v) is 1.60. The van der Waals surface area contributed by atoms with Gasteiger partial charge in [-0.25, -0.2) is 8.78 Å². The summed E-state index contributed by atoms with van der Waals surface area (Å²) in [6, 6.07) is 2.82. The van der Waals surface area contributed by atoms with Crippen molar-refractivity contribution in [1.82, 2.24) is 4.98 Å². The Bertz CT molecular complexity index is 473. The van der Waals surface area contributed by atoms with Crippen molar-refractivity contribution in [3.8, 4) is 6.07 Å². The van der Waals surface area contributed by atoms with Crippen LogP contribution in [0.5, 0.6) is 0 Å². The van der Waals surface area contributed by atoms with Crippen molar-refractivity contribution in [2.24, 2.45) is 0 Å². The van der Waals surface area contributed by atoms with Gasteiger partial charge in [-0.1, -0.05) is 0 Å². The molecule has 0 bridgehead atoms. The molecule has 0 atom stereocenters. The van der Waals surface area contributed by atoms with Gasteiger partial charge in [-0.2, -0.15) is 5.26 Å². The normalized spacial score (nSPS) is 10.2. The molecule has 0 spiro atoms. The molecule has 84 valence electrons. The second kappa shape index (κ2) is 4.94. The fourth-order valence-electron chi connectivity index (χ4n) is 1.06. The maximum Gasteiger partial charge on any atom is 0.368 e. The zero-order valence-electron chi connectivity index (χ0n) is 7.65. The Morgan fingerprint density at radius 3 is 2.75 bits per heavy atom. The lowest BCUT2D eigenvalue weighted by Gasteiger charge is -2.02. The van der Waals surface area contributed by atoms with Crippen molar-refractivity contribution in [3.05, 3.63) is 31.9 Å². The minimum absolute atomic E-state index is 0.00350. The van der Waals surface area contributed by atoms with E-state index in [1.54, 1.807) is 6.07 Å². The van der Waals surface area contributed by atoms with Crippen LogP contribution in [-0.2, 0) is 6.42 Å². The molecule has 0 aliphatic rings. The highest BCUT2D eigenvalue weighted by Gasteiger charge is 2.26. The summed E-state index contributed by atoms with van der Waals surface area (Å²) >= 11 is 2.83. The van der Waals surface area contributed by atoms with Gasteiger partial charge in [0, 0.05) is 0 Å². The van der Waals surface area contributed by atoms with E-state index >= 15 is 0 Å². The lowest BCUT2D eigenvalue weighted by atomic mass is 10.2. The molecule has 0 aromatic carbocycles. The van der Waals surface area contributed by atoms with Gasteiger partial charge >= 0.3 is 12.2 Å². The number of nitrogens with zero attached hydrogens (tertiary/aromatic N) is 3. The number of aromatic nitrogens is 1. The van der Waals surface area contributed by atoms with Crippen molar-refractivity contribution in [2.75, 3.05) is 0 Å².